The van der Waals surface area contributed by atoms with Crippen LogP contribution in [-0.2, 0) is 0 Å². The van der Waals surface area contributed by atoms with Gasteiger partial charge in [0.1, 0.15) is 0 Å². The van der Waals surface area contributed by atoms with E-state index in [1.165, 1.54) is 37.1 Å². The van der Waals surface area contributed by atoms with Gasteiger partial charge in [-0.25, -0.2) is 0 Å². The smallest absolute Gasteiger partial charge is 0.0789 e. The van der Waals surface area contributed by atoms with Crippen LogP contribution >= 0.6 is 11.8 Å². The van der Waals surface area contributed by atoms with Crippen molar-refractivity contribution in [3.8, 4) is 0 Å². The van der Waals surface area contributed by atoms with Crippen molar-refractivity contribution in [1.29, 1.82) is 0 Å². The molecule has 0 bridgehead atoms. The molecule has 1 N–H and O–H groups in total. The molecule has 1 saturated heterocycles. The Morgan fingerprint density at radius 3 is 2.40 bits per heavy atom. The third-order valence-corrected chi connectivity index (χ3v) is 4.52. The first-order valence-corrected chi connectivity index (χ1v) is 6.93. The Bertz CT molecular complexity index is 323. The maximum absolute atomic E-state index is 3.56. The van der Waals surface area contributed by atoms with Crippen LogP contribution in [0.3, 0.4) is 0 Å². The Morgan fingerprint density at radius 2 is 1.80 bits per heavy atom. The lowest BCUT2D eigenvalue weighted by atomic mass is 10.1. The lowest BCUT2D eigenvalue weighted by Gasteiger charge is -2.23. The summed E-state index contributed by atoms with van der Waals surface area (Å²) in [5, 5.41) is 4.10. The molecule has 1 aromatic rings. The predicted octanol–water partition coefficient (Wildman–Crippen LogP) is 3.29. The van der Waals surface area contributed by atoms with Crippen LogP contribution in [0.4, 0.5) is 0 Å². The van der Waals surface area contributed by atoms with E-state index < -0.39 is 0 Å². The quantitative estimate of drug-likeness (QED) is 0.819. The molecule has 15 heavy (non-hydrogen) atoms. The average Bonchev–Trinajstić information content (AvgIpc) is 3.15. The summed E-state index contributed by atoms with van der Waals surface area (Å²) < 4.78 is 0. The van der Waals surface area contributed by atoms with E-state index >= 15 is 0 Å². The van der Waals surface area contributed by atoms with Crippen LogP contribution in [0.5, 0.6) is 0 Å². The van der Waals surface area contributed by atoms with Gasteiger partial charge in [0.2, 0.25) is 0 Å². The summed E-state index contributed by atoms with van der Waals surface area (Å²) in [6.07, 6.45) is 4.10. The van der Waals surface area contributed by atoms with Crippen LogP contribution in [0.2, 0.25) is 0 Å². The van der Waals surface area contributed by atoms with Crippen LogP contribution in [0, 0.1) is 0 Å². The predicted molar refractivity (Wildman–Crippen MR) is 66.2 cm³/mol. The molecule has 1 heterocycles. The minimum Gasteiger partial charge on any atom is -0.302 e. The van der Waals surface area contributed by atoms with Crippen molar-refractivity contribution in [1.82, 2.24) is 5.32 Å². The molecule has 1 aliphatic heterocycles. The Labute approximate surface area is 95.6 Å². The maximum Gasteiger partial charge on any atom is 0.0789 e. The molecule has 0 radical (unpaired) electrons. The molecule has 1 aliphatic carbocycles. The van der Waals surface area contributed by atoms with Gasteiger partial charge < -0.3 is 5.32 Å². The van der Waals surface area contributed by atoms with Gasteiger partial charge in [0, 0.05) is 0 Å². The van der Waals surface area contributed by atoms with Gasteiger partial charge in [-0.2, -0.15) is 0 Å². The minimum absolute atomic E-state index is 0.534. The molecule has 2 heteroatoms. The second kappa shape index (κ2) is 4.18. The van der Waals surface area contributed by atoms with Gasteiger partial charge in [0.05, 0.1) is 5.37 Å². The standard InChI is InChI=1S/C13H17NS/c1-8-14-13(15-9-1)12-6-4-11(5-7-12)10-2-3-10/h4-7,10,13-14H,1-3,8-9H2. The molecule has 3 rings (SSSR count). The largest absolute Gasteiger partial charge is 0.302 e. The van der Waals surface area contributed by atoms with E-state index in [-0.39, 0.29) is 0 Å². The molecule has 2 fully saturated rings. The monoisotopic (exact) mass is 219 g/mol. The van der Waals surface area contributed by atoms with Crippen molar-refractivity contribution in [2.75, 3.05) is 12.3 Å². The zero-order valence-corrected chi connectivity index (χ0v) is 9.72. The molecular weight excluding hydrogens is 202 g/mol. The normalized spacial score (nSPS) is 26.5. The van der Waals surface area contributed by atoms with Crippen molar-refractivity contribution in [3.05, 3.63) is 35.4 Å². The molecule has 1 aromatic carbocycles. The summed E-state index contributed by atoms with van der Waals surface area (Å²) in [5.41, 5.74) is 2.99. The number of hydrogen-bond acceptors (Lipinski definition) is 2. The molecule has 2 aliphatic rings. The van der Waals surface area contributed by atoms with Crippen LogP contribution < -0.4 is 5.32 Å². The fourth-order valence-electron chi connectivity index (χ4n) is 2.14. The molecule has 1 saturated carbocycles. The summed E-state index contributed by atoms with van der Waals surface area (Å²) in [6.45, 7) is 1.17. The van der Waals surface area contributed by atoms with Crippen LogP contribution in [0.25, 0.3) is 0 Å². The van der Waals surface area contributed by atoms with E-state index in [1.54, 1.807) is 5.56 Å². The van der Waals surface area contributed by atoms with Crippen LogP contribution in [0.15, 0.2) is 24.3 Å². The third kappa shape index (κ3) is 2.21. The van der Waals surface area contributed by atoms with E-state index in [2.05, 4.69) is 29.6 Å². The second-order valence-electron chi connectivity index (χ2n) is 4.50. The minimum atomic E-state index is 0.534. The van der Waals surface area contributed by atoms with Gasteiger partial charge in [-0.15, -0.1) is 11.8 Å². The molecule has 80 valence electrons. The van der Waals surface area contributed by atoms with Gasteiger partial charge in [0.25, 0.3) is 0 Å². The van der Waals surface area contributed by atoms with E-state index in [1.807, 2.05) is 11.8 Å². The van der Waals surface area contributed by atoms with Gasteiger partial charge in [-0.05, 0) is 48.6 Å². The number of rotatable bonds is 2. The fraction of sp³-hybridized carbons (Fsp3) is 0.538. The Morgan fingerprint density at radius 1 is 1.07 bits per heavy atom. The molecule has 1 atom stereocenters. The van der Waals surface area contributed by atoms with Crippen LogP contribution in [0.1, 0.15) is 41.7 Å². The molecule has 1 nitrogen and oxygen atoms in total. The van der Waals surface area contributed by atoms with Gasteiger partial charge in [-0.3, -0.25) is 0 Å². The van der Waals surface area contributed by atoms with Gasteiger partial charge in [-0.1, -0.05) is 24.3 Å². The summed E-state index contributed by atoms with van der Waals surface area (Å²) >= 11 is 2.04. The zero-order valence-electron chi connectivity index (χ0n) is 8.91. The highest BCUT2D eigenvalue weighted by Crippen LogP contribution is 2.40. The molecule has 0 aromatic heterocycles. The first-order valence-electron chi connectivity index (χ1n) is 5.88. The molecule has 0 amide bonds. The summed E-state index contributed by atoms with van der Waals surface area (Å²) in [7, 11) is 0. The summed E-state index contributed by atoms with van der Waals surface area (Å²) in [5.74, 6) is 2.17. The van der Waals surface area contributed by atoms with Crippen molar-refractivity contribution in [2.45, 2.75) is 30.6 Å². The van der Waals surface area contributed by atoms with E-state index in [9.17, 15) is 0 Å². The lowest BCUT2D eigenvalue weighted by molar-refractivity contribution is 0.643. The Balaban J connectivity index is 1.73. The van der Waals surface area contributed by atoms with E-state index in [0.717, 1.165) is 5.92 Å². The second-order valence-corrected chi connectivity index (χ2v) is 5.71. The lowest BCUT2D eigenvalue weighted by Crippen LogP contribution is -2.25. The third-order valence-electron chi connectivity index (χ3n) is 3.22. The van der Waals surface area contributed by atoms with Crippen molar-refractivity contribution in [2.24, 2.45) is 0 Å². The zero-order chi connectivity index (χ0) is 10.1. The highest BCUT2D eigenvalue weighted by Gasteiger charge is 2.23. The number of thioether (sulfide) groups is 1. The topological polar surface area (TPSA) is 12.0 Å². The Hall–Kier alpha value is -0.470. The molecule has 1 unspecified atom stereocenters. The molecule has 0 spiro atoms. The van der Waals surface area contributed by atoms with Crippen LogP contribution in [-0.4, -0.2) is 12.3 Å². The SMILES string of the molecule is c1cc(C2NCCCS2)ccc1C1CC1. The molecular formula is C13H17NS. The highest BCUT2D eigenvalue weighted by atomic mass is 32.2. The number of benzene rings is 1. The average molecular weight is 219 g/mol. The van der Waals surface area contributed by atoms with E-state index in [4.69, 9.17) is 0 Å². The van der Waals surface area contributed by atoms with Gasteiger partial charge in [0.15, 0.2) is 0 Å². The summed E-state index contributed by atoms with van der Waals surface area (Å²) in [4.78, 5) is 0. The van der Waals surface area contributed by atoms with Crippen molar-refractivity contribution < 1.29 is 0 Å². The summed E-state index contributed by atoms with van der Waals surface area (Å²) in [6, 6.07) is 9.26. The maximum atomic E-state index is 3.56. The number of nitrogens with one attached hydrogen (secondary N) is 1. The van der Waals surface area contributed by atoms with Gasteiger partial charge >= 0.3 is 0 Å². The highest BCUT2D eigenvalue weighted by molar-refractivity contribution is 7.99. The number of hydrogen-bond donors (Lipinski definition) is 1. The first-order chi connectivity index (χ1) is 7.43. The first kappa shape index (κ1) is 9.73. The van der Waals surface area contributed by atoms with Crippen molar-refractivity contribution in [3.63, 3.8) is 0 Å². The Kier molecular flexibility index (Phi) is 2.72. The van der Waals surface area contributed by atoms with E-state index in [0.29, 0.717) is 5.37 Å². The fourth-order valence-corrected chi connectivity index (χ4v) is 3.27. The van der Waals surface area contributed by atoms with Crippen molar-refractivity contribution >= 4 is 11.8 Å².